The molecule has 126 valence electrons. The molecule has 1 amide bonds. The van der Waals surface area contributed by atoms with Gasteiger partial charge in [0.25, 0.3) is 5.91 Å². The minimum Gasteiger partial charge on any atom is -0.322 e. The van der Waals surface area contributed by atoms with E-state index in [1.165, 1.54) is 0 Å². The number of anilines is 1. The second kappa shape index (κ2) is 6.49. The summed E-state index contributed by atoms with van der Waals surface area (Å²) in [6, 6.07) is 13.5. The Hall–Kier alpha value is -2.39. The predicted octanol–water partition coefficient (Wildman–Crippen LogP) is 5.33. The molecule has 0 unspecified atom stereocenters. The number of halogens is 1. The van der Waals surface area contributed by atoms with Crippen molar-refractivity contribution < 1.29 is 4.79 Å². The highest BCUT2D eigenvalue weighted by atomic mass is 35.5. The van der Waals surface area contributed by atoms with Gasteiger partial charge in [-0.3, -0.25) is 9.78 Å². The Kier molecular flexibility index (Phi) is 4.18. The van der Waals surface area contributed by atoms with E-state index >= 15 is 0 Å². The van der Waals surface area contributed by atoms with Crippen LogP contribution >= 0.6 is 11.6 Å². The van der Waals surface area contributed by atoms with Crippen molar-refractivity contribution >= 4 is 34.1 Å². The monoisotopic (exact) mass is 350 g/mol. The molecule has 1 N–H and O–H groups in total. The van der Waals surface area contributed by atoms with Crippen molar-refractivity contribution in [2.75, 3.05) is 5.32 Å². The van der Waals surface area contributed by atoms with Crippen molar-refractivity contribution in [3.8, 4) is 0 Å². The number of carbonyl (C=O) groups is 1. The SMILES string of the molecule is Cc1ccc(NC(=O)c2c3c(nc4ccccc24)CCCC3)cc1Cl. The number of para-hydroxylation sites is 1. The molecule has 1 aliphatic carbocycles. The van der Waals surface area contributed by atoms with Crippen LogP contribution in [0, 0.1) is 6.92 Å². The first-order valence-corrected chi connectivity index (χ1v) is 8.99. The Balaban J connectivity index is 1.81. The van der Waals surface area contributed by atoms with Gasteiger partial charge in [0.1, 0.15) is 0 Å². The zero-order valence-corrected chi connectivity index (χ0v) is 14.9. The molecule has 0 bridgehead atoms. The van der Waals surface area contributed by atoms with Gasteiger partial charge in [-0.15, -0.1) is 0 Å². The molecule has 0 radical (unpaired) electrons. The molecule has 0 atom stereocenters. The molecule has 1 heterocycles. The minimum atomic E-state index is -0.0864. The standard InChI is InChI=1S/C21H19ClN2O/c1-13-10-11-14(12-17(13)22)23-21(25)20-15-6-2-4-8-18(15)24-19-9-5-3-7-16(19)20/h2,4,6,8,10-12H,3,5,7,9H2,1H3,(H,23,25). The van der Waals surface area contributed by atoms with Gasteiger partial charge in [0.15, 0.2) is 0 Å². The number of rotatable bonds is 2. The second-order valence-corrected chi connectivity index (χ2v) is 6.96. The van der Waals surface area contributed by atoms with Crippen LogP contribution in [0.5, 0.6) is 0 Å². The first-order chi connectivity index (χ1) is 12.1. The number of nitrogens with one attached hydrogen (secondary N) is 1. The summed E-state index contributed by atoms with van der Waals surface area (Å²) in [7, 11) is 0. The average molecular weight is 351 g/mol. The largest absolute Gasteiger partial charge is 0.322 e. The van der Waals surface area contributed by atoms with Gasteiger partial charge in [0.2, 0.25) is 0 Å². The number of pyridine rings is 1. The Bertz CT molecular complexity index is 981. The van der Waals surface area contributed by atoms with Crippen molar-refractivity contribution in [3.05, 3.63) is 69.9 Å². The van der Waals surface area contributed by atoms with Crippen molar-refractivity contribution in [2.24, 2.45) is 0 Å². The number of benzene rings is 2. The number of nitrogens with zero attached hydrogens (tertiary/aromatic N) is 1. The van der Waals surface area contributed by atoms with Gasteiger partial charge in [-0.1, -0.05) is 35.9 Å². The van der Waals surface area contributed by atoms with E-state index in [1.54, 1.807) is 6.07 Å². The molecule has 1 aromatic heterocycles. The topological polar surface area (TPSA) is 42.0 Å². The van der Waals surface area contributed by atoms with Crippen molar-refractivity contribution in [1.82, 2.24) is 4.98 Å². The first-order valence-electron chi connectivity index (χ1n) is 8.61. The molecular formula is C21H19ClN2O. The van der Waals surface area contributed by atoms with E-state index < -0.39 is 0 Å². The highest BCUT2D eigenvalue weighted by Gasteiger charge is 2.22. The molecule has 4 heteroatoms. The van der Waals surface area contributed by atoms with Crippen molar-refractivity contribution in [1.29, 1.82) is 0 Å². The highest BCUT2D eigenvalue weighted by molar-refractivity contribution is 6.31. The van der Waals surface area contributed by atoms with Gasteiger partial charge in [-0.05, 0) is 61.9 Å². The molecule has 0 aliphatic heterocycles. The van der Waals surface area contributed by atoms with E-state index in [-0.39, 0.29) is 5.91 Å². The predicted molar refractivity (Wildman–Crippen MR) is 103 cm³/mol. The molecule has 25 heavy (non-hydrogen) atoms. The number of fused-ring (bicyclic) bond motifs is 2. The second-order valence-electron chi connectivity index (χ2n) is 6.55. The Morgan fingerprint density at radius 3 is 2.76 bits per heavy atom. The molecule has 3 nitrogen and oxygen atoms in total. The van der Waals surface area contributed by atoms with Gasteiger partial charge >= 0.3 is 0 Å². The summed E-state index contributed by atoms with van der Waals surface area (Å²) < 4.78 is 0. The summed E-state index contributed by atoms with van der Waals surface area (Å²) in [5.74, 6) is -0.0864. The molecular weight excluding hydrogens is 332 g/mol. The maximum Gasteiger partial charge on any atom is 0.256 e. The van der Waals surface area contributed by atoms with Gasteiger partial charge < -0.3 is 5.32 Å². The van der Waals surface area contributed by atoms with Gasteiger partial charge in [-0.25, -0.2) is 0 Å². The maximum absolute atomic E-state index is 13.1. The van der Waals surface area contributed by atoms with E-state index in [0.29, 0.717) is 10.7 Å². The van der Waals surface area contributed by atoms with Crippen LogP contribution in [-0.4, -0.2) is 10.9 Å². The maximum atomic E-state index is 13.1. The molecule has 1 aliphatic rings. The number of hydrogen-bond acceptors (Lipinski definition) is 2. The number of aryl methyl sites for hydroxylation is 2. The van der Waals surface area contributed by atoms with Crippen LogP contribution in [-0.2, 0) is 12.8 Å². The summed E-state index contributed by atoms with van der Waals surface area (Å²) in [5, 5.41) is 4.59. The summed E-state index contributed by atoms with van der Waals surface area (Å²) in [4.78, 5) is 17.9. The summed E-state index contributed by atoms with van der Waals surface area (Å²) in [5.41, 5.74) is 5.52. The van der Waals surface area contributed by atoms with Crippen LogP contribution in [0.2, 0.25) is 5.02 Å². The lowest BCUT2D eigenvalue weighted by molar-refractivity contribution is 0.102. The molecule has 0 fully saturated rings. The zero-order chi connectivity index (χ0) is 17.4. The van der Waals surface area contributed by atoms with Crippen LogP contribution in [0.25, 0.3) is 10.9 Å². The van der Waals surface area contributed by atoms with Crippen LogP contribution in [0.4, 0.5) is 5.69 Å². The van der Waals surface area contributed by atoms with Gasteiger partial charge in [0.05, 0.1) is 11.1 Å². The lowest BCUT2D eigenvalue weighted by Crippen LogP contribution is -2.19. The lowest BCUT2D eigenvalue weighted by Gasteiger charge is -2.20. The number of hydrogen-bond donors (Lipinski definition) is 1. The number of amides is 1. The first kappa shape index (κ1) is 16.1. The Labute approximate surface area is 152 Å². The molecule has 2 aromatic carbocycles. The van der Waals surface area contributed by atoms with Crippen molar-refractivity contribution in [2.45, 2.75) is 32.6 Å². The molecule has 3 aromatic rings. The van der Waals surface area contributed by atoms with E-state index in [4.69, 9.17) is 16.6 Å². The Morgan fingerprint density at radius 1 is 1.12 bits per heavy atom. The van der Waals surface area contributed by atoms with Crippen molar-refractivity contribution in [3.63, 3.8) is 0 Å². The lowest BCUT2D eigenvalue weighted by atomic mass is 9.89. The Morgan fingerprint density at radius 2 is 1.92 bits per heavy atom. The van der Waals surface area contributed by atoms with E-state index in [9.17, 15) is 4.79 Å². The number of aromatic nitrogens is 1. The minimum absolute atomic E-state index is 0.0864. The van der Waals surface area contributed by atoms with E-state index in [2.05, 4.69) is 5.32 Å². The van der Waals surface area contributed by atoms with Gasteiger partial charge in [0, 0.05) is 21.8 Å². The fraction of sp³-hybridized carbons (Fsp3) is 0.238. The fourth-order valence-corrected chi connectivity index (χ4v) is 3.68. The van der Waals surface area contributed by atoms with Crippen LogP contribution in [0.1, 0.15) is 40.0 Å². The van der Waals surface area contributed by atoms with Crippen LogP contribution in [0.15, 0.2) is 42.5 Å². The third-order valence-electron chi connectivity index (χ3n) is 4.83. The number of carbonyl (C=O) groups excluding carboxylic acids is 1. The molecule has 0 saturated heterocycles. The quantitative estimate of drug-likeness (QED) is 0.678. The zero-order valence-electron chi connectivity index (χ0n) is 14.1. The molecule has 0 saturated carbocycles. The summed E-state index contributed by atoms with van der Waals surface area (Å²) in [6.45, 7) is 1.95. The molecule has 4 rings (SSSR count). The summed E-state index contributed by atoms with van der Waals surface area (Å²) in [6.07, 6.45) is 4.08. The third-order valence-corrected chi connectivity index (χ3v) is 5.23. The smallest absolute Gasteiger partial charge is 0.256 e. The normalized spacial score (nSPS) is 13.5. The molecule has 0 spiro atoms. The van der Waals surface area contributed by atoms with Gasteiger partial charge in [-0.2, -0.15) is 0 Å². The average Bonchev–Trinajstić information content (AvgIpc) is 2.62. The van der Waals surface area contributed by atoms with E-state index in [1.807, 2.05) is 43.3 Å². The summed E-state index contributed by atoms with van der Waals surface area (Å²) >= 11 is 6.19. The third kappa shape index (κ3) is 3.00. The highest BCUT2D eigenvalue weighted by Crippen LogP contribution is 2.30. The van der Waals surface area contributed by atoms with Crippen LogP contribution in [0.3, 0.4) is 0 Å². The fourth-order valence-electron chi connectivity index (χ4n) is 3.50. The van der Waals surface area contributed by atoms with Crippen LogP contribution < -0.4 is 5.32 Å². The van der Waals surface area contributed by atoms with E-state index in [0.717, 1.165) is 59.0 Å².